The van der Waals surface area contributed by atoms with Crippen molar-refractivity contribution >= 4 is 59.9 Å². The third-order valence-electron chi connectivity index (χ3n) is 10.1. The predicted octanol–water partition coefficient (Wildman–Crippen LogP) is 12.6. The number of benzene rings is 7. The van der Waals surface area contributed by atoms with E-state index in [9.17, 15) is 0 Å². The van der Waals surface area contributed by atoms with E-state index in [1.807, 2.05) is 30.5 Å². The summed E-state index contributed by atoms with van der Waals surface area (Å²) in [6.45, 7) is 7.66. The van der Waals surface area contributed by atoms with Crippen molar-refractivity contribution < 1.29 is 0 Å². The van der Waals surface area contributed by atoms with E-state index in [1.165, 1.54) is 16.2 Å². The Morgan fingerprint density at radius 3 is 2.02 bits per heavy atom. The lowest BCUT2D eigenvalue weighted by atomic mass is 9.93. The normalized spacial score (nSPS) is 11.5. The highest BCUT2D eigenvalue weighted by molar-refractivity contribution is 6.22. The Bertz CT molecular complexity index is 3010. The minimum Gasteiger partial charge on any atom is -0.309 e. The van der Waals surface area contributed by atoms with E-state index in [0.717, 1.165) is 77.3 Å². The molecule has 3 aromatic heterocycles. The summed E-state index contributed by atoms with van der Waals surface area (Å²) in [6, 6.07) is 55.5. The lowest BCUT2D eigenvalue weighted by Crippen LogP contribution is -1.93. The minimum atomic E-state index is 0.639. The van der Waals surface area contributed by atoms with Gasteiger partial charge in [0.25, 0.3) is 0 Å². The molecule has 236 valence electrons. The van der Waals surface area contributed by atoms with Gasteiger partial charge in [-0.3, -0.25) is 4.98 Å². The van der Waals surface area contributed by atoms with E-state index >= 15 is 0 Å². The zero-order valence-corrected chi connectivity index (χ0v) is 27.5. The molecule has 0 radical (unpaired) electrons. The number of rotatable bonds is 4. The van der Waals surface area contributed by atoms with Crippen molar-refractivity contribution in [2.24, 2.45) is 0 Å². The average Bonchev–Trinajstić information content (AvgIpc) is 3.53. The van der Waals surface area contributed by atoms with Crippen molar-refractivity contribution in [1.82, 2.24) is 14.5 Å². The molecule has 0 amide bonds. The molecule has 0 aliphatic heterocycles. The van der Waals surface area contributed by atoms with Gasteiger partial charge in [-0.15, -0.1) is 0 Å². The van der Waals surface area contributed by atoms with Gasteiger partial charge in [-0.1, -0.05) is 109 Å². The van der Waals surface area contributed by atoms with E-state index in [2.05, 4.69) is 148 Å². The molecule has 0 N–H and O–H groups in total. The van der Waals surface area contributed by atoms with Gasteiger partial charge >= 0.3 is 0 Å². The molecule has 0 unspecified atom stereocenters. The fourth-order valence-corrected chi connectivity index (χ4v) is 7.64. The summed E-state index contributed by atoms with van der Waals surface area (Å²) in [5.41, 5.74) is 11.3. The molecule has 0 spiro atoms. The zero-order valence-electron chi connectivity index (χ0n) is 27.5. The second kappa shape index (κ2) is 11.5. The maximum absolute atomic E-state index is 7.66. The van der Waals surface area contributed by atoms with Crippen LogP contribution in [0.25, 0.3) is 98.3 Å². The van der Waals surface area contributed by atoms with Gasteiger partial charge in [0.15, 0.2) is 5.69 Å². The number of nitrogens with zero attached hydrogens (tertiary/aromatic N) is 4. The molecule has 7 aromatic carbocycles. The quantitative estimate of drug-likeness (QED) is 0.141. The van der Waals surface area contributed by atoms with Crippen molar-refractivity contribution in [3.8, 4) is 39.2 Å². The average molecular weight is 649 g/mol. The molecule has 0 aliphatic rings. The minimum absolute atomic E-state index is 0.639. The first-order valence-corrected chi connectivity index (χ1v) is 17.0. The highest BCUT2D eigenvalue weighted by Crippen LogP contribution is 2.40. The van der Waals surface area contributed by atoms with Gasteiger partial charge in [-0.25, -0.2) is 9.83 Å². The van der Waals surface area contributed by atoms with E-state index in [-0.39, 0.29) is 0 Å². The molecule has 0 bridgehead atoms. The molecule has 0 atom stereocenters. The van der Waals surface area contributed by atoms with Crippen LogP contribution in [-0.4, -0.2) is 14.5 Å². The third kappa shape index (κ3) is 4.68. The van der Waals surface area contributed by atoms with Crippen LogP contribution in [0.2, 0.25) is 0 Å². The maximum Gasteiger partial charge on any atom is 0.188 e. The SMILES string of the molecule is [C-]#[N+]c1ccc2c(c1)c1cc(-c3ccc(-c4nc5cc(-c6cccnc6)ccc5c5c4ccc4ccccc45)cc3)ccc1n2-c1ccccc1. The van der Waals surface area contributed by atoms with Crippen LogP contribution in [-0.2, 0) is 0 Å². The van der Waals surface area contributed by atoms with Crippen molar-refractivity contribution in [2.75, 3.05) is 0 Å². The van der Waals surface area contributed by atoms with E-state index < -0.39 is 0 Å². The molecule has 51 heavy (non-hydrogen) atoms. The Morgan fingerprint density at radius 2 is 1.20 bits per heavy atom. The third-order valence-corrected chi connectivity index (χ3v) is 10.1. The van der Waals surface area contributed by atoms with Crippen LogP contribution >= 0.6 is 0 Å². The largest absolute Gasteiger partial charge is 0.309 e. The van der Waals surface area contributed by atoms with Gasteiger partial charge < -0.3 is 4.57 Å². The molecule has 4 heteroatoms. The van der Waals surface area contributed by atoms with Crippen molar-refractivity contribution in [1.29, 1.82) is 0 Å². The van der Waals surface area contributed by atoms with Gasteiger partial charge in [0.1, 0.15) is 0 Å². The molecule has 3 heterocycles. The van der Waals surface area contributed by atoms with Crippen LogP contribution in [0, 0.1) is 6.57 Å². The molecule has 0 fully saturated rings. The van der Waals surface area contributed by atoms with E-state index in [0.29, 0.717) is 5.69 Å². The van der Waals surface area contributed by atoms with Gasteiger partial charge in [-0.2, -0.15) is 0 Å². The zero-order chi connectivity index (χ0) is 33.9. The van der Waals surface area contributed by atoms with Crippen LogP contribution in [0.1, 0.15) is 0 Å². The predicted molar refractivity (Wildman–Crippen MR) is 211 cm³/mol. The van der Waals surface area contributed by atoms with Crippen LogP contribution < -0.4 is 0 Å². The summed E-state index contributed by atoms with van der Waals surface area (Å²) in [7, 11) is 0. The molecular formula is C47H28N4. The second-order valence-corrected chi connectivity index (χ2v) is 12.9. The van der Waals surface area contributed by atoms with Gasteiger partial charge in [0.05, 0.1) is 28.8 Å². The molecule has 4 nitrogen and oxygen atoms in total. The highest BCUT2D eigenvalue weighted by atomic mass is 15.0. The Kier molecular flexibility index (Phi) is 6.52. The van der Waals surface area contributed by atoms with Gasteiger partial charge in [0, 0.05) is 50.8 Å². The smallest absolute Gasteiger partial charge is 0.188 e. The van der Waals surface area contributed by atoms with Crippen molar-refractivity contribution in [3.05, 3.63) is 182 Å². The Balaban J connectivity index is 1.13. The van der Waals surface area contributed by atoms with Gasteiger partial charge in [0.2, 0.25) is 0 Å². The number of para-hydroxylation sites is 1. The fourth-order valence-electron chi connectivity index (χ4n) is 7.64. The molecule has 10 aromatic rings. The van der Waals surface area contributed by atoms with Crippen LogP contribution in [0.15, 0.2) is 170 Å². The highest BCUT2D eigenvalue weighted by Gasteiger charge is 2.16. The van der Waals surface area contributed by atoms with E-state index in [4.69, 9.17) is 11.6 Å². The first kappa shape index (κ1) is 28.9. The lowest BCUT2D eigenvalue weighted by molar-refractivity contribution is 1.18. The Hall–Kier alpha value is -7.09. The molecule has 0 saturated heterocycles. The molecule has 0 aliphatic carbocycles. The number of pyridine rings is 2. The summed E-state index contributed by atoms with van der Waals surface area (Å²) >= 11 is 0. The van der Waals surface area contributed by atoms with Crippen LogP contribution in [0.4, 0.5) is 5.69 Å². The monoisotopic (exact) mass is 648 g/mol. The first-order chi connectivity index (χ1) is 25.2. The summed E-state index contributed by atoms with van der Waals surface area (Å²) < 4.78 is 2.28. The first-order valence-electron chi connectivity index (χ1n) is 17.0. The van der Waals surface area contributed by atoms with Crippen molar-refractivity contribution in [3.63, 3.8) is 0 Å². The standard InChI is InChI=1S/C47H28N4/c1-48-36-20-24-45-42(28-36)41-26-33(19-23-44(41)51(45)37-10-3-2-4-11-37)30-13-15-32(16-14-30)47-40-22-17-31-8-5-6-12-38(31)46(40)39-21-18-34(27-43(39)50-47)35-9-7-25-49-29-35/h2-29H. The molecular weight excluding hydrogens is 621 g/mol. The summed E-state index contributed by atoms with van der Waals surface area (Å²) in [6.07, 6.45) is 3.70. The number of hydrogen-bond acceptors (Lipinski definition) is 2. The van der Waals surface area contributed by atoms with Crippen LogP contribution in [0.3, 0.4) is 0 Å². The summed E-state index contributed by atoms with van der Waals surface area (Å²) in [5.74, 6) is 0. The Labute approximate surface area is 294 Å². The van der Waals surface area contributed by atoms with Crippen molar-refractivity contribution in [2.45, 2.75) is 0 Å². The maximum atomic E-state index is 7.66. The van der Waals surface area contributed by atoms with Gasteiger partial charge in [-0.05, 0) is 81.4 Å². The summed E-state index contributed by atoms with van der Waals surface area (Å²) in [4.78, 5) is 13.4. The number of fused-ring (bicyclic) bond motifs is 8. The number of hydrogen-bond donors (Lipinski definition) is 0. The van der Waals surface area contributed by atoms with E-state index in [1.54, 1.807) is 6.20 Å². The molecule has 10 rings (SSSR count). The Morgan fingerprint density at radius 1 is 0.490 bits per heavy atom. The topological polar surface area (TPSA) is 35.1 Å². The lowest BCUT2D eigenvalue weighted by Gasteiger charge is -2.14. The molecule has 0 saturated carbocycles. The second-order valence-electron chi connectivity index (χ2n) is 12.9. The fraction of sp³-hybridized carbons (Fsp3) is 0. The summed E-state index contributed by atoms with van der Waals surface area (Å²) in [5, 5.41) is 8.12. The number of aromatic nitrogens is 3. The van der Waals surface area contributed by atoms with Crippen LogP contribution in [0.5, 0.6) is 0 Å².